The SMILES string of the molecule is N#Cc1nc(-c2ccccc2F)n2c1CCCC2. The van der Waals surface area contributed by atoms with Gasteiger partial charge in [-0.15, -0.1) is 0 Å². The van der Waals surface area contributed by atoms with E-state index >= 15 is 0 Å². The van der Waals surface area contributed by atoms with E-state index in [9.17, 15) is 4.39 Å². The average Bonchev–Trinajstić information content (AvgIpc) is 2.78. The van der Waals surface area contributed by atoms with Gasteiger partial charge in [0, 0.05) is 6.54 Å². The lowest BCUT2D eigenvalue weighted by atomic mass is 10.1. The summed E-state index contributed by atoms with van der Waals surface area (Å²) >= 11 is 0. The molecule has 0 fully saturated rings. The molecule has 1 aromatic carbocycles. The van der Waals surface area contributed by atoms with Crippen LogP contribution < -0.4 is 0 Å². The third-order valence-electron chi connectivity index (χ3n) is 3.34. The number of nitriles is 1. The highest BCUT2D eigenvalue weighted by Gasteiger charge is 2.21. The molecule has 0 spiro atoms. The molecule has 0 N–H and O–H groups in total. The number of nitrogens with zero attached hydrogens (tertiary/aromatic N) is 3. The minimum Gasteiger partial charge on any atom is -0.327 e. The molecule has 0 unspecified atom stereocenters. The first kappa shape index (κ1) is 11.0. The predicted molar refractivity (Wildman–Crippen MR) is 65.3 cm³/mol. The molecular formula is C14H12FN3. The Kier molecular flexibility index (Phi) is 2.60. The second-order valence-corrected chi connectivity index (χ2v) is 4.43. The second kappa shape index (κ2) is 4.26. The molecule has 1 aromatic heterocycles. The highest BCUT2D eigenvalue weighted by Crippen LogP contribution is 2.28. The highest BCUT2D eigenvalue weighted by atomic mass is 19.1. The van der Waals surface area contributed by atoms with Gasteiger partial charge in [0.2, 0.25) is 0 Å². The Morgan fingerprint density at radius 3 is 2.89 bits per heavy atom. The molecule has 0 amide bonds. The Balaban J connectivity index is 2.22. The van der Waals surface area contributed by atoms with Gasteiger partial charge < -0.3 is 4.57 Å². The Morgan fingerprint density at radius 1 is 1.28 bits per heavy atom. The van der Waals surface area contributed by atoms with Gasteiger partial charge in [0.15, 0.2) is 5.69 Å². The molecule has 3 nitrogen and oxygen atoms in total. The van der Waals surface area contributed by atoms with E-state index in [1.807, 2.05) is 4.57 Å². The molecule has 0 aliphatic carbocycles. The molecule has 0 bridgehead atoms. The van der Waals surface area contributed by atoms with Crippen LogP contribution in [-0.2, 0) is 13.0 Å². The quantitative estimate of drug-likeness (QED) is 0.770. The van der Waals surface area contributed by atoms with Gasteiger partial charge >= 0.3 is 0 Å². The summed E-state index contributed by atoms with van der Waals surface area (Å²) in [5.41, 5.74) is 1.86. The van der Waals surface area contributed by atoms with E-state index in [4.69, 9.17) is 5.26 Å². The number of rotatable bonds is 1. The lowest BCUT2D eigenvalue weighted by Gasteiger charge is -2.16. The summed E-state index contributed by atoms with van der Waals surface area (Å²) in [5.74, 6) is 0.291. The molecule has 0 atom stereocenters. The summed E-state index contributed by atoms with van der Waals surface area (Å²) in [6.07, 6.45) is 2.97. The molecule has 0 saturated carbocycles. The number of hydrogen-bond acceptors (Lipinski definition) is 2. The van der Waals surface area contributed by atoms with Crippen LogP contribution in [0, 0.1) is 17.1 Å². The van der Waals surface area contributed by atoms with Crippen molar-refractivity contribution >= 4 is 0 Å². The van der Waals surface area contributed by atoms with Crippen molar-refractivity contribution < 1.29 is 4.39 Å². The van der Waals surface area contributed by atoms with Crippen molar-refractivity contribution in [1.82, 2.24) is 9.55 Å². The first-order valence-corrected chi connectivity index (χ1v) is 6.05. The van der Waals surface area contributed by atoms with E-state index in [1.165, 1.54) is 6.07 Å². The van der Waals surface area contributed by atoms with Gasteiger partial charge in [-0.1, -0.05) is 12.1 Å². The Labute approximate surface area is 105 Å². The van der Waals surface area contributed by atoms with E-state index in [-0.39, 0.29) is 5.82 Å². The molecule has 0 radical (unpaired) electrons. The largest absolute Gasteiger partial charge is 0.327 e. The number of benzene rings is 1. The van der Waals surface area contributed by atoms with E-state index in [0.717, 1.165) is 31.5 Å². The van der Waals surface area contributed by atoms with Crippen LogP contribution in [0.2, 0.25) is 0 Å². The van der Waals surface area contributed by atoms with Crippen LogP contribution in [0.15, 0.2) is 24.3 Å². The normalized spacial score (nSPS) is 14.0. The zero-order chi connectivity index (χ0) is 12.5. The van der Waals surface area contributed by atoms with E-state index in [0.29, 0.717) is 17.1 Å². The van der Waals surface area contributed by atoms with Gasteiger partial charge in [0.25, 0.3) is 0 Å². The third kappa shape index (κ3) is 1.60. The topological polar surface area (TPSA) is 41.6 Å². The molecule has 0 saturated heterocycles. The van der Waals surface area contributed by atoms with Crippen LogP contribution >= 0.6 is 0 Å². The zero-order valence-electron chi connectivity index (χ0n) is 9.86. The molecule has 1 aliphatic heterocycles. The van der Waals surface area contributed by atoms with Crippen molar-refractivity contribution in [3.8, 4) is 17.5 Å². The number of halogens is 1. The molecule has 3 rings (SSSR count). The average molecular weight is 241 g/mol. The number of fused-ring (bicyclic) bond motifs is 1. The summed E-state index contributed by atoms with van der Waals surface area (Å²) in [5, 5.41) is 9.10. The molecule has 1 aliphatic rings. The van der Waals surface area contributed by atoms with Crippen molar-refractivity contribution in [1.29, 1.82) is 5.26 Å². The molecule has 2 aromatic rings. The molecule has 18 heavy (non-hydrogen) atoms. The van der Waals surface area contributed by atoms with Gasteiger partial charge in [0.1, 0.15) is 17.7 Å². The van der Waals surface area contributed by atoms with Gasteiger partial charge in [-0.25, -0.2) is 9.37 Å². The fourth-order valence-corrected chi connectivity index (χ4v) is 2.48. The van der Waals surface area contributed by atoms with E-state index in [1.54, 1.807) is 18.2 Å². The van der Waals surface area contributed by atoms with Crippen molar-refractivity contribution in [2.24, 2.45) is 0 Å². The van der Waals surface area contributed by atoms with Crippen molar-refractivity contribution in [3.05, 3.63) is 41.5 Å². The van der Waals surface area contributed by atoms with Crippen molar-refractivity contribution in [3.63, 3.8) is 0 Å². The Bertz CT molecular complexity index is 637. The monoisotopic (exact) mass is 241 g/mol. The minimum atomic E-state index is -0.291. The first-order chi connectivity index (χ1) is 8.81. The highest BCUT2D eigenvalue weighted by molar-refractivity contribution is 5.59. The van der Waals surface area contributed by atoms with Gasteiger partial charge in [-0.2, -0.15) is 5.26 Å². The second-order valence-electron chi connectivity index (χ2n) is 4.43. The van der Waals surface area contributed by atoms with E-state index < -0.39 is 0 Å². The summed E-state index contributed by atoms with van der Waals surface area (Å²) in [7, 11) is 0. The zero-order valence-corrected chi connectivity index (χ0v) is 9.86. The molecule has 4 heteroatoms. The van der Waals surface area contributed by atoms with Crippen LogP contribution in [0.5, 0.6) is 0 Å². The molecular weight excluding hydrogens is 229 g/mol. The third-order valence-corrected chi connectivity index (χ3v) is 3.34. The molecule has 2 heterocycles. The maximum Gasteiger partial charge on any atom is 0.162 e. The van der Waals surface area contributed by atoms with Crippen LogP contribution in [0.3, 0.4) is 0 Å². The maximum absolute atomic E-state index is 13.8. The Morgan fingerprint density at radius 2 is 2.11 bits per heavy atom. The predicted octanol–water partition coefficient (Wildman–Crippen LogP) is 2.90. The molecule has 90 valence electrons. The first-order valence-electron chi connectivity index (χ1n) is 6.05. The van der Waals surface area contributed by atoms with Gasteiger partial charge in [-0.05, 0) is 31.4 Å². The van der Waals surface area contributed by atoms with Crippen molar-refractivity contribution in [2.45, 2.75) is 25.8 Å². The minimum absolute atomic E-state index is 0.291. The fraction of sp³-hybridized carbons (Fsp3) is 0.286. The fourth-order valence-electron chi connectivity index (χ4n) is 2.48. The lowest BCUT2D eigenvalue weighted by Crippen LogP contribution is -2.11. The number of hydrogen-bond donors (Lipinski definition) is 0. The number of imidazole rings is 1. The van der Waals surface area contributed by atoms with Crippen LogP contribution in [0.25, 0.3) is 11.4 Å². The van der Waals surface area contributed by atoms with Crippen LogP contribution in [0.4, 0.5) is 4.39 Å². The van der Waals surface area contributed by atoms with Gasteiger partial charge in [0.05, 0.1) is 11.3 Å². The standard InChI is InChI=1S/C14H12FN3/c15-11-6-2-1-5-10(11)14-17-12(9-16)13-7-3-4-8-18(13)14/h1-2,5-6H,3-4,7-8H2. The van der Waals surface area contributed by atoms with Crippen LogP contribution in [-0.4, -0.2) is 9.55 Å². The van der Waals surface area contributed by atoms with Gasteiger partial charge in [-0.3, -0.25) is 0 Å². The van der Waals surface area contributed by atoms with Crippen LogP contribution in [0.1, 0.15) is 24.2 Å². The number of aromatic nitrogens is 2. The Hall–Kier alpha value is -2.15. The maximum atomic E-state index is 13.8. The smallest absolute Gasteiger partial charge is 0.162 e. The lowest BCUT2D eigenvalue weighted by molar-refractivity contribution is 0.533. The summed E-state index contributed by atoms with van der Waals surface area (Å²) in [6.45, 7) is 0.813. The van der Waals surface area contributed by atoms with Crippen molar-refractivity contribution in [2.75, 3.05) is 0 Å². The summed E-state index contributed by atoms with van der Waals surface area (Å²) in [4.78, 5) is 4.30. The summed E-state index contributed by atoms with van der Waals surface area (Å²) in [6, 6.07) is 8.69. The van der Waals surface area contributed by atoms with E-state index in [2.05, 4.69) is 11.1 Å². The summed E-state index contributed by atoms with van der Waals surface area (Å²) < 4.78 is 15.8.